The van der Waals surface area contributed by atoms with Crippen LogP contribution in [0.1, 0.15) is 39.0 Å². The number of ether oxygens (including phenoxy) is 1. The number of pyridine rings is 1. The Labute approximate surface area is 143 Å². The first-order valence-corrected chi connectivity index (χ1v) is 8.54. The van der Waals surface area contributed by atoms with Crippen molar-refractivity contribution in [2.45, 2.75) is 45.1 Å². The van der Waals surface area contributed by atoms with E-state index >= 15 is 0 Å². The van der Waals surface area contributed by atoms with Gasteiger partial charge in [0.15, 0.2) is 0 Å². The molecule has 0 aromatic carbocycles. The summed E-state index contributed by atoms with van der Waals surface area (Å²) in [7, 11) is 0. The van der Waals surface area contributed by atoms with E-state index in [4.69, 9.17) is 4.74 Å². The molecule has 1 saturated heterocycles. The molecule has 0 bridgehead atoms. The topological polar surface area (TPSA) is 85.6 Å². The Kier molecular flexibility index (Phi) is 6.32. The zero-order valence-electron chi connectivity index (χ0n) is 13.0. The average Bonchev–Trinajstić information content (AvgIpc) is 2.53. The summed E-state index contributed by atoms with van der Waals surface area (Å²) in [6, 6.07) is 1.66. The molecule has 0 radical (unpaired) electrons. The molecule has 126 valence electrons. The molecule has 0 aliphatic carbocycles. The molecule has 1 aliphatic heterocycles. The summed E-state index contributed by atoms with van der Waals surface area (Å²) >= 11 is 3.38. The van der Waals surface area contributed by atoms with Crippen molar-refractivity contribution in [3.8, 4) is 0 Å². The van der Waals surface area contributed by atoms with Gasteiger partial charge < -0.3 is 9.64 Å². The van der Waals surface area contributed by atoms with E-state index in [1.54, 1.807) is 6.92 Å². The molecule has 1 atom stereocenters. The highest BCUT2D eigenvalue weighted by molar-refractivity contribution is 9.10. The lowest BCUT2D eigenvalue weighted by Gasteiger charge is -2.37. The monoisotopic (exact) mass is 385 g/mol. The van der Waals surface area contributed by atoms with E-state index in [0.29, 0.717) is 29.7 Å². The van der Waals surface area contributed by atoms with E-state index in [9.17, 15) is 14.9 Å². The molecule has 2 heterocycles. The van der Waals surface area contributed by atoms with Gasteiger partial charge in [-0.25, -0.2) is 4.98 Å². The number of carbonyl (C=O) groups excluding carboxylic acids is 1. The third-order valence-electron chi connectivity index (χ3n) is 3.90. The Bertz CT molecular complexity index is 582. The van der Waals surface area contributed by atoms with Crippen LogP contribution in [0.5, 0.6) is 0 Å². The minimum absolute atomic E-state index is 0.0410. The Morgan fingerprint density at radius 3 is 3.00 bits per heavy atom. The van der Waals surface area contributed by atoms with Crippen molar-refractivity contribution in [1.29, 1.82) is 0 Å². The number of anilines is 1. The molecule has 2 rings (SSSR count). The molecule has 1 aromatic rings. The molecule has 1 aliphatic rings. The molecule has 0 saturated carbocycles. The fourth-order valence-corrected chi connectivity index (χ4v) is 3.39. The first-order valence-electron chi connectivity index (χ1n) is 7.75. The largest absolute Gasteiger partial charge is 0.466 e. The molecule has 23 heavy (non-hydrogen) atoms. The number of piperidine rings is 1. The number of nitrogens with zero attached hydrogens (tertiary/aromatic N) is 3. The fraction of sp³-hybridized carbons (Fsp3) is 0.600. The molecule has 0 N–H and O–H groups in total. The van der Waals surface area contributed by atoms with Gasteiger partial charge in [0.1, 0.15) is 12.0 Å². The fourth-order valence-electron chi connectivity index (χ4n) is 2.83. The van der Waals surface area contributed by atoms with Gasteiger partial charge in [0.05, 0.1) is 16.0 Å². The van der Waals surface area contributed by atoms with Gasteiger partial charge in [0.25, 0.3) is 5.69 Å². The van der Waals surface area contributed by atoms with Crippen molar-refractivity contribution in [2.24, 2.45) is 0 Å². The molecule has 0 amide bonds. The summed E-state index contributed by atoms with van der Waals surface area (Å²) in [4.78, 5) is 28.3. The smallest absolute Gasteiger partial charge is 0.305 e. The summed E-state index contributed by atoms with van der Waals surface area (Å²) < 4.78 is 5.59. The van der Waals surface area contributed by atoms with Crippen molar-refractivity contribution in [1.82, 2.24) is 4.98 Å². The van der Waals surface area contributed by atoms with Crippen molar-refractivity contribution in [2.75, 3.05) is 18.1 Å². The molecule has 7 nitrogen and oxygen atoms in total. The highest BCUT2D eigenvalue weighted by Crippen LogP contribution is 2.33. The molecular weight excluding hydrogens is 366 g/mol. The third kappa shape index (κ3) is 4.63. The standard InChI is InChI=1S/C15H20BrN3O4/c1-2-23-14(20)7-6-11-5-3-4-8-18(11)15-13(16)9-12(10-17-15)19(21)22/h9-11H,2-8H2,1H3/t11-/m0/s1. The van der Waals surface area contributed by atoms with Crippen LogP contribution in [0.2, 0.25) is 0 Å². The van der Waals surface area contributed by atoms with E-state index in [1.807, 2.05) is 0 Å². The van der Waals surface area contributed by atoms with E-state index in [0.717, 1.165) is 25.8 Å². The van der Waals surface area contributed by atoms with Gasteiger partial charge in [-0.05, 0) is 48.5 Å². The average molecular weight is 386 g/mol. The molecular formula is C15H20BrN3O4. The first-order chi connectivity index (χ1) is 11.0. The van der Waals surface area contributed by atoms with E-state index in [2.05, 4.69) is 25.8 Å². The van der Waals surface area contributed by atoms with Crippen molar-refractivity contribution < 1.29 is 14.5 Å². The normalized spacial score (nSPS) is 17.8. The summed E-state index contributed by atoms with van der Waals surface area (Å²) in [6.45, 7) is 3.02. The summed E-state index contributed by atoms with van der Waals surface area (Å²) in [5, 5.41) is 10.8. The van der Waals surface area contributed by atoms with Crippen LogP contribution in [-0.2, 0) is 9.53 Å². The van der Waals surface area contributed by atoms with Crippen LogP contribution in [0.25, 0.3) is 0 Å². The third-order valence-corrected chi connectivity index (χ3v) is 4.49. The number of rotatable bonds is 6. The van der Waals surface area contributed by atoms with Crippen LogP contribution in [0.3, 0.4) is 0 Å². The zero-order chi connectivity index (χ0) is 16.8. The number of esters is 1. The van der Waals surface area contributed by atoms with Crippen molar-refractivity contribution in [3.63, 3.8) is 0 Å². The van der Waals surface area contributed by atoms with Crippen LogP contribution < -0.4 is 4.90 Å². The maximum atomic E-state index is 11.6. The van der Waals surface area contributed by atoms with Crippen LogP contribution in [0.4, 0.5) is 11.5 Å². The lowest BCUT2D eigenvalue weighted by atomic mass is 9.98. The predicted molar refractivity (Wildman–Crippen MR) is 89.4 cm³/mol. The van der Waals surface area contributed by atoms with Crippen LogP contribution >= 0.6 is 15.9 Å². The maximum Gasteiger partial charge on any atom is 0.305 e. The number of nitro groups is 1. The van der Waals surface area contributed by atoms with Crippen molar-refractivity contribution >= 4 is 33.4 Å². The van der Waals surface area contributed by atoms with Crippen molar-refractivity contribution in [3.05, 3.63) is 26.9 Å². The quantitative estimate of drug-likeness (QED) is 0.423. The van der Waals surface area contributed by atoms with Gasteiger partial charge >= 0.3 is 5.97 Å². The van der Waals surface area contributed by atoms with Gasteiger partial charge in [0, 0.05) is 25.1 Å². The second kappa shape index (κ2) is 8.24. The molecule has 1 fully saturated rings. The lowest BCUT2D eigenvalue weighted by molar-refractivity contribution is -0.385. The lowest BCUT2D eigenvalue weighted by Crippen LogP contribution is -2.40. The molecule has 0 unspecified atom stereocenters. The number of hydrogen-bond donors (Lipinski definition) is 0. The molecule has 8 heteroatoms. The number of halogens is 1. The molecule has 1 aromatic heterocycles. The molecule has 0 spiro atoms. The zero-order valence-corrected chi connectivity index (χ0v) is 14.6. The highest BCUT2D eigenvalue weighted by Gasteiger charge is 2.26. The Balaban J connectivity index is 2.11. The Hall–Kier alpha value is -1.70. The SMILES string of the molecule is CCOC(=O)CC[C@@H]1CCCCN1c1ncc([N+](=O)[O-])cc1Br. The second-order valence-electron chi connectivity index (χ2n) is 5.44. The number of aromatic nitrogens is 1. The minimum atomic E-state index is -0.462. The minimum Gasteiger partial charge on any atom is -0.466 e. The van der Waals surface area contributed by atoms with Crippen LogP contribution in [-0.4, -0.2) is 35.1 Å². The Morgan fingerprint density at radius 1 is 1.57 bits per heavy atom. The first kappa shape index (κ1) is 17.7. The van der Waals surface area contributed by atoms with Gasteiger partial charge in [-0.1, -0.05) is 0 Å². The highest BCUT2D eigenvalue weighted by atomic mass is 79.9. The number of carbonyl (C=O) groups is 1. The van der Waals surface area contributed by atoms with E-state index < -0.39 is 4.92 Å². The summed E-state index contributed by atoms with van der Waals surface area (Å²) in [5.74, 6) is 0.512. The summed E-state index contributed by atoms with van der Waals surface area (Å²) in [5.41, 5.74) is -0.0410. The predicted octanol–water partition coefficient (Wildman–Crippen LogP) is 3.45. The van der Waals surface area contributed by atoms with Gasteiger partial charge in [-0.15, -0.1) is 0 Å². The van der Waals surface area contributed by atoms with Crippen LogP contribution in [0, 0.1) is 10.1 Å². The van der Waals surface area contributed by atoms with Gasteiger partial charge in [-0.3, -0.25) is 14.9 Å². The van der Waals surface area contributed by atoms with E-state index in [-0.39, 0.29) is 17.7 Å². The van der Waals surface area contributed by atoms with Crippen LogP contribution in [0.15, 0.2) is 16.7 Å². The van der Waals surface area contributed by atoms with E-state index in [1.165, 1.54) is 12.3 Å². The Morgan fingerprint density at radius 2 is 2.35 bits per heavy atom. The van der Waals surface area contributed by atoms with Gasteiger partial charge in [0.2, 0.25) is 0 Å². The summed E-state index contributed by atoms with van der Waals surface area (Å²) in [6.07, 6.45) is 5.47. The second-order valence-corrected chi connectivity index (χ2v) is 6.30. The number of hydrogen-bond acceptors (Lipinski definition) is 6. The van der Waals surface area contributed by atoms with Gasteiger partial charge in [-0.2, -0.15) is 0 Å². The maximum absolute atomic E-state index is 11.6.